The summed E-state index contributed by atoms with van der Waals surface area (Å²) in [5.41, 5.74) is 2.62. The maximum absolute atomic E-state index is 10.8. The van der Waals surface area contributed by atoms with Crippen molar-refractivity contribution in [3.63, 3.8) is 0 Å². The Morgan fingerprint density at radius 2 is 2.00 bits per heavy atom. The number of aryl methyl sites for hydroxylation is 1. The molecule has 0 aliphatic heterocycles. The molecule has 5 nitrogen and oxygen atoms in total. The summed E-state index contributed by atoms with van der Waals surface area (Å²) in [6.07, 6.45) is 1.55. The Kier molecular flexibility index (Phi) is 4.57. The number of halogens is 1. The summed E-state index contributed by atoms with van der Waals surface area (Å²) in [5.74, 6) is 1.30. The highest BCUT2D eigenvalue weighted by Crippen LogP contribution is 2.30. The molecule has 0 fully saturated rings. The first-order valence-electron chi connectivity index (χ1n) is 7.18. The van der Waals surface area contributed by atoms with Gasteiger partial charge >= 0.3 is 0 Å². The van der Waals surface area contributed by atoms with E-state index in [0.717, 1.165) is 21.4 Å². The molecule has 0 aliphatic rings. The average molecular weight is 385 g/mol. The molecular weight excluding hydrogens is 372 g/mol. The van der Waals surface area contributed by atoms with Crippen molar-refractivity contribution < 1.29 is 9.34 Å². The van der Waals surface area contributed by atoms with Crippen molar-refractivity contribution in [3.8, 4) is 11.3 Å². The van der Waals surface area contributed by atoms with Gasteiger partial charge in [-0.25, -0.2) is 0 Å². The second kappa shape index (κ2) is 6.80. The van der Waals surface area contributed by atoms with E-state index < -0.39 is 4.92 Å². The third-order valence-electron chi connectivity index (χ3n) is 3.40. The van der Waals surface area contributed by atoms with Crippen molar-refractivity contribution in [3.05, 3.63) is 80.5 Å². The smallest absolute Gasteiger partial charge is 0.271 e. The summed E-state index contributed by atoms with van der Waals surface area (Å²) < 4.78 is 6.73. The lowest BCUT2D eigenvalue weighted by Gasteiger charge is -2.01. The zero-order valence-corrected chi connectivity index (χ0v) is 14.4. The number of aliphatic imine (C=N–C) groups is 1. The molecule has 0 amide bonds. The lowest BCUT2D eigenvalue weighted by molar-refractivity contribution is -0.384. The normalized spacial score (nSPS) is 11.1. The molecule has 3 rings (SSSR count). The lowest BCUT2D eigenvalue weighted by atomic mass is 10.1. The Labute approximate surface area is 146 Å². The minimum absolute atomic E-state index is 0.00775. The van der Waals surface area contributed by atoms with Crippen LogP contribution in [-0.4, -0.2) is 11.1 Å². The van der Waals surface area contributed by atoms with Crippen LogP contribution in [-0.2, 0) is 0 Å². The maximum atomic E-state index is 10.8. The predicted octanol–water partition coefficient (Wildman–Crippen LogP) is 5.68. The van der Waals surface area contributed by atoms with Gasteiger partial charge in [0.15, 0.2) is 0 Å². The fourth-order valence-corrected chi connectivity index (χ4v) is 2.90. The maximum Gasteiger partial charge on any atom is 0.271 e. The Bertz CT molecular complexity index is 932. The van der Waals surface area contributed by atoms with Gasteiger partial charge in [-0.1, -0.05) is 28.1 Å². The van der Waals surface area contributed by atoms with E-state index in [1.165, 1.54) is 12.1 Å². The molecule has 1 aromatic heterocycles. The molecule has 0 unspecified atom stereocenters. The van der Waals surface area contributed by atoms with Crippen LogP contribution < -0.4 is 0 Å². The number of benzene rings is 2. The molecule has 0 atom stereocenters. The molecule has 3 aromatic rings. The summed E-state index contributed by atoms with van der Waals surface area (Å²) in [6.45, 7) is 2.02. The van der Waals surface area contributed by atoms with Gasteiger partial charge in [-0.15, -0.1) is 0 Å². The van der Waals surface area contributed by atoms with Crippen LogP contribution in [0.2, 0.25) is 0 Å². The number of non-ortho nitro benzene ring substituents is 1. The van der Waals surface area contributed by atoms with Crippen LogP contribution in [0.5, 0.6) is 0 Å². The van der Waals surface area contributed by atoms with Crippen molar-refractivity contribution in [2.24, 2.45) is 4.99 Å². The van der Waals surface area contributed by atoms with Crippen LogP contribution in [0.3, 0.4) is 0 Å². The van der Waals surface area contributed by atoms with Gasteiger partial charge in [0.1, 0.15) is 11.5 Å². The molecule has 0 aliphatic carbocycles. The predicted molar refractivity (Wildman–Crippen MR) is 96.9 cm³/mol. The number of rotatable bonds is 4. The highest BCUT2D eigenvalue weighted by molar-refractivity contribution is 9.10. The fraction of sp³-hybridized carbons (Fsp3) is 0.0556. The minimum atomic E-state index is -0.446. The van der Waals surface area contributed by atoms with Gasteiger partial charge in [0.25, 0.3) is 5.69 Å². The third-order valence-corrected chi connectivity index (χ3v) is 4.05. The van der Waals surface area contributed by atoms with Crippen LogP contribution >= 0.6 is 15.9 Å². The summed E-state index contributed by atoms with van der Waals surface area (Å²) >= 11 is 3.53. The van der Waals surface area contributed by atoms with Crippen molar-refractivity contribution in [2.75, 3.05) is 0 Å². The molecule has 0 spiro atoms. The van der Waals surface area contributed by atoms with Crippen molar-refractivity contribution in [1.82, 2.24) is 0 Å². The Balaban J connectivity index is 1.83. The molecule has 1 heterocycles. The molecule has 6 heteroatoms. The van der Waals surface area contributed by atoms with Gasteiger partial charge in [-0.05, 0) is 42.8 Å². The molecule has 2 aromatic carbocycles. The molecule has 24 heavy (non-hydrogen) atoms. The largest absolute Gasteiger partial charge is 0.455 e. The minimum Gasteiger partial charge on any atom is -0.455 e. The molecule has 120 valence electrons. The average Bonchev–Trinajstić information content (AvgIpc) is 3.02. The van der Waals surface area contributed by atoms with E-state index in [9.17, 15) is 10.1 Å². The van der Waals surface area contributed by atoms with Crippen molar-refractivity contribution in [1.29, 1.82) is 0 Å². The number of hydrogen-bond acceptors (Lipinski definition) is 4. The van der Waals surface area contributed by atoms with Crippen molar-refractivity contribution >= 4 is 33.5 Å². The molecule has 0 radical (unpaired) electrons. The quantitative estimate of drug-likeness (QED) is 0.330. The van der Waals surface area contributed by atoms with E-state index in [2.05, 4.69) is 20.9 Å². The molecule has 0 bridgehead atoms. The molecule has 0 saturated carbocycles. The zero-order valence-electron chi connectivity index (χ0n) is 12.8. The number of nitro groups is 1. The molecule has 0 saturated heterocycles. The Morgan fingerprint density at radius 1 is 1.17 bits per heavy atom. The number of nitro benzene ring substituents is 1. The Hall–Kier alpha value is -2.73. The number of nitrogens with zero attached hydrogens (tertiary/aromatic N) is 2. The second-order valence-corrected chi connectivity index (χ2v) is 6.07. The van der Waals surface area contributed by atoms with Crippen LogP contribution in [0.25, 0.3) is 11.3 Å². The van der Waals surface area contributed by atoms with E-state index in [0.29, 0.717) is 11.4 Å². The highest BCUT2D eigenvalue weighted by atomic mass is 79.9. The molecular formula is C18H13BrN2O3. The lowest BCUT2D eigenvalue weighted by Crippen LogP contribution is -1.86. The first-order valence-corrected chi connectivity index (χ1v) is 7.97. The summed E-state index contributed by atoms with van der Waals surface area (Å²) in [6, 6.07) is 15.8. The Morgan fingerprint density at radius 3 is 2.75 bits per heavy atom. The fourth-order valence-electron chi connectivity index (χ4n) is 2.21. The standard InChI is InChI=1S/C18H13BrN2O3/c1-12-5-7-16(17(19)9-12)18-8-6-15(24-18)11-20-13-3-2-4-14(10-13)21(22)23/h2-11H,1H3. The van der Waals surface area contributed by atoms with E-state index >= 15 is 0 Å². The monoisotopic (exact) mass is 384 g/mol. The van der Waals surface area contributed by atoms with Crippen LogP contribution in [0.4, 0.5) is 11.4 Å². The van der Waals surface area contributed by atoms with E-state index in [4.69, 9.17) is 4.42 Å². The highest BCUT2D eigenvalue weighted by Gasteiger charge is 2.08. The summed E-state index contributed by atoms with van der Waals surface area (Å²) in [4.78, 5) is 14.6. The van der Waals surface area contributed by atoms with E-state index in [-0.39, 0.29) is 5.69 Å². The number of furan rings is 1. The van der Waals surface area contributed by atoms with Crippen LogP contribution in [0.15, 0.2) is 68.5 Å². The van der Waals surface area contributed by atoms with Gasteiger partial charge in [0.05, 0.1) is 16.8 Å². The molecule has 0 N–H and O–H groups in total. The van der Waals surface area contributed by atoms with Crippen LogP contribution in [0.1, 0.15) is 11.3 Å². The summed E-state index contributed by atoms with van der Waals surface area (Å²) in [5, 5.41) is 10.8. The first kappa shape index (κ1) is 16.1. The number of hydrogen-bond donors (Lipinski definition) is 0. The zero-order chi connectivity index (χ0) is 17.1. The topological polar surface area (TPSA) is 68.6 Å². The van der Waals surface area contributed by atoms with Crippen LogP contribution in [0, 0.1) is 17.0 Å². The second-order valence-electron chi connectivity index (χ2n) is 5.22. The van der Waals surface area contributed by atoms with E-state index in [1.54, 1.807) is 18.3 Å². The van der Waals surface area contributed by atoms with Crippen molar-refractivity contribution in [2.45, 2.75) is 6.92 Å². The summed E-state index contributed by atoms with van der Waals surface area (Å²) in [7, 11) is 0. The van der Waals surface area contributed by atoms with Gasteiger partial charge in [0.2, 0.25) is 0 Å². The van der Waals surface area contributed by atoms with Gasteiger partial charge in [-0.2, -0.15) is 0 Å². The van der Waals surface area contributed by atoms with Gasteiger partial charge < -0.3 is 4.42 Å². The first-order chi connectivity index (χ1) is 11.5. The van der Waals surface area contributed by atoms with Gasteiger partial charge in [-0.3, -0.25) is 15.1 Å². The van der Waals surface area contributed by atoms with E-state index in [1.807, 2.05) is 37.3 Å². The SMILES string of the molecule is Cc1ccc(-c2ccc(C=Nc3cccc([N+](=O)[O-])c3)o2)c(Br)c1. The third kappa shape index (κ3) is 3.60. The van der Waals surface area contributed by atoms with Gasteiger partial charge in [0, 0.05) is 22.2 Å².